The van der Waals surface area contributed by atoms with Crippen molar-refractivity contribution in [2.24, 2.45) is 0 Å². The molecule has 2 rings (SSSR count). The largest absolute Gasteiger partial charge is 0.504 e. The predicted octanol–water partition coefficient (Wildman–Crippen LogP) is 3.95. The molecule has 1 aliphatic rings. The SMILES string of the molecule is CCCC1CCCCN1Cc1cccc(OCC)c1O. The molecule has 1 N–H and O–H groups in total. The summed E-state index contributed by atoms with van der Waals surface area (Å²) in [7, 11) is 0. The van der Waals surface area contributed by atoms with Crippen LogP contribution in [0.1, 0.15) is 51.5 Å². The molecule has 1 aliphatic heterocycles. The van der Waals surface area contributed by atoms with Crippen LogP contribution in [0.3, 0.4) is 0 Å². The number of phenolic OH excluding ortho intramolecular Hbond substituents is 1. The molecular weight excluding hydrogens is 250 g/mol. The fourth-order valence-electron chi connectivity index (χ4n) is 3.11. The van der Waals surface area contributed by atoms with Gasteiger partial charge in [-0.05, 0) is 38.8 Å². The van der Waals surface area contributed by atoms with Gasteiger partial charge in [-0.15, -0.1) is 0 Å². The number of ether oxygens (including phenoxy) is 1. The normalized spacial score (nSPS) is 20.0. The first-order valence-electron chi connectivity index (χ1n) is 7.94. The highest BCUT2D eigenvalue weighted by Gasteiger charge is 2.22. The number of piperidine rings is 1. The quantitative estimate of drug-likeness (QED) is 0.854. The molecule has 1 aromatic carbocycles. The number of likely N-dealkylation sites (tertiary alicyclic amines) is 1. The van der Waals surface area contributed by atoms with Crippen LogP contribution in [0.25, 0.3) is 0 Å². The minimum atomic E-state index is 0.315. The molecule has 1 atom stereocenters. The number of benzene rings is 1. The molecule has 0 aliphatic carbocycles. The maximum Gasteiger partial charge on any atom is 0.162 e. The molecule has 0 saturated carbocycles. The highest BCUT2D eigenvalue weighted by Crippen LogP contribution is 2.32. The molecule has 112 valence electrons. The highest BCUT2D eigenvalue weighted by molar-refractivity contribution is 5.45. The number of phenols is 1. The van der Waals surface area contributed by atoms with Crippen LogP contribution in [0.2, 0.25) is 0 Å². The Bertz CT molecular complexity index is 417. The smallest absolute Gasteiger partial charge is 0.162 e. The minimum absolute atomic E-state index is 0.315. The van der Waals surface area contributed by atoms with E-state index in [1.54, 1.807) is 0 Å². The van der Waals surface area contributed by atoms with Gasteiger partial charge in [-0.2, -0.15) is 0 Å². The summed E-state index contributed by atoms with van der Waals surface area (Å²) in [4.78, 5) is 2.53. The van der Waals surface area contributed by atoms with Crippen molar-refractivity contribution in [3.63, 3.8) is 0 Å². The third kappa shape index (κ3) is 3.66. The summed E-state index contributed by atoms with van der Waals surface area (Å²) < 4.78 is 5.47. The van der Waals surface area contributed by atoms with Gasteiger partial charge in [0.1, 0.15) is 0 Å². The lowest BCUT2D eigenvalue weighted by Crippen LogP contribution is -2.38. The average Bonchev–Trinajstić information content (AvgIpc) is 2.46. The molecule has 1 unspecified atom stereocenters. The van der Waals surface area contributed by atoms with Gasteiger partial charge in [-0.1, -0.05) is 31.9 Å². The molecule has 0 bridgehead atoms. The van der Waals surface area contributed by atoms with Crippen molar-refractivity contribution >= 4 is 0 Å². The van der Waals surface area contributed by atoms with Crippen LogP contribution in [0.15, 0.2) is 18.2 Å². The number of para-hydroxylation sites is 1. The topological polar surface area (TPSA) is 32.7 Å². The monoisotopic (exact) mass is 277 g/mol. The van der Waals surface area contributed by atoms with Gasteiger partial charge in [-0.25, -0.2) is 0 Å². The average molecular weight is 277 g/mol. The van der Waals surface area contributed by atoms with Crippen LogP contribution < -0.4 is 4.74 Å². The summed E-state index contributed by atoms with van der Waals surface area (Å²) in [6, 6.07) is 6.49. The summed E-state index contributed by atoms with van der Waals surface area (Å²) in [5.74, 6) is 0.921. The van der Waals surface area contributed by atoms with Gasteiger partial charge in [-0.3, -0.25) is 4.90 Å². The van der Waals surface area contributed by atoms with E-state index in [-0.39, 0.29) is 0 Å². The van der Waals surface area contributed by atoms with E-state index in [9.17, 15) is 5.11 Å². The van der Waals surface area contributed by atoms with Gasteiger partial charge >= 0.3 is 0 Å². The predicted molar refractivity (Wildman–Crippen MR) is 82.2 cm³/mol. The lowest BCUT2D eigenvalue weighted by Gasteiger charge is -2.36. The van der Waals surface area contributed by atoms with Crippen molar-refractivity contribution in [1.29, 1.82) is 0 Å². The molecule has 0 radical (unpaired) electrons. The van der Waals surface area contributed by atoms with Crippen molar-refractivity contribution < 1.29 is 9.84 Å². The second-order valence-corrected chi connectivity index (χ2v) is 5.61. The van der Waals surface area contributed by atoms with Gasteiger partial charge in [0, 0.05) is 18.2 Å². The van der Waals surface area contributed by atoms with Gasteiger partial charge in [0.25, 0.3) is 0 Å². The van der Waals surface area contributed by atoms with Gasteiger partial charge in [0.05, 0.1) is 6.61 Å². The number of rotatable bonds is 6. The van der Waals surface area contributed by atoms with E-state index in [2.05, 4.69) is 11.8 Å². The van der Waals surface area contributed by atoms with Crippen LogP contribution in [0.5, 0.6) is 11.5 Å². The molecule has 3 heteroatoms. The molecule has 0 spiro atoms. The highest BCUT2D eigenvalue weighted by atomic mass is 16.5. The Balaban J connectivity index is 2.09. The minimum Gasteiger partial charge on any atom is -0.504 e. The molecule has 20 heavy (non-hydrogen) atoms. The fourth-order valence-corrected chi connectivity index (χ4v) is 3.11. The van der Waals surface area contributed by atoms with Crippen LogP contribution in [-0.2, 0) is 6.54 Å². The van der Waals surface area contributed by atoms with Crippen molar-refractivity contribution in [2.45, 2.75) is 58.5 Å². The fraction of sp³-hybridized carbons (Fsp3) is 0.647. The summed E-state index contributed by atoms with van der Waals surface area (Å²) in [5.41, 5.74) is 0.985. The van der Waals surface area contributed by atoms with Crippen molar-refractivity contribution in [3.8, 4) is 11.5 Å². The van der Waals surface area contributed by atoms with Crippen LogP contribution in [-0.4, -0.2) is 29.2 Å². The van der Waals surface area contributed by atoms with E-state index in [0.29, 0.717) is 24.1 Å². The summed E-state index contributed by atoms with van der Waals surface area (Å²) in [6.45, 7) is 6.74. The van der Waals surface area contributed by atoms with E-state index in [0.717, 1.165) is 18.7 Å². The molecular formula is C17H27NO2. The zero-order valence-corrected chi connectivity index (χ0v) is 12.8. The van der Waals surface area contributed by atoms with Gasteiger partial charge < -0.3 is 9.84 Å². The van der Waals surface area contributed by atoms with E-state index in [1.165, 1.54) is 32.1 Å². The summed E-state index contributed by atoms with van der Waals surface area (Å²) in [5, 5.41) is 10.3. The summed E-state index contributed by atoms with van der Waals surface area (Å²) in [6.07, 6.45) is 6.38. The Labute approximate surface area is 122 Å². The molecule has 1 aromatic rings. The van der Waals surface area contributed by atoms with Crippen LogP contribution in [0.4, 0.5) is 0 Å². The first kappa shape index (κ1) is 15.2. The lowest BCUT2D eigenvalue weighted by molar-refractivity contribution is 0.130. The second-order valence-electron chi connectivity index (χ2n) is 5.61. The lowest BCUT2D eigenvalue weighted by atomic mass is 9.97. The Morgan fingerprint density at radius 3 is 2.90 bits per heavy atom. The maximum absolute atomic E-state index is 10.3. The van der Waals surface area contributed by atoms with Crippen molar-refractivity contribution in [3.05, 3.63) is 23.8 Å². The molecule has 0 aromatic heterocycles. The third-order valence-corrected chi connectivity index (χ3v) is 4.13. The first-order chi connectivity index (χ1) is 9.76. The van der Waals surface area contributed by atoms with E-state index in [4.69, 9.17) is 4.74 Å². The number of hydrogen-bond donors (Lipinski definition) is 1. The number of nitrogens with zero attached hydrogens (tertiary/aromatic N) is 1. The Morgan fingerprint density at radius 1 is 1.30 bits per heavy atom. The van der Waals surface area contributed by atoms with E-state index < -0.39 is 0 Å². The van der Waals surface area contributed by atoms with Crippen molar-refractivity contribution in [2.75, 3.05) is 13.2 Å². The zero-order valence-electron chi connectivity index (χ0n) is 12.8. The summed E-state index contributed by atoms with van der Waals surface area (Å²) >= 11 is 0. The molecule has 1 heterocycles. The van der Waals surface area contributed by atoms with E-state index in [1.807, 2.05) is 25.1 Å². The zero-order chi connectivity index (χ0) is 14.4. The Morgan fingerprint density at radius 2 is 2.15 bits per heavy atom. The molecule has 1 fully saturated rings. The molecule has 0 amide bonds. The number of aromatic hydroxyl groups is 1. The third-order valence-electron chi connectivity index (χ3n) is 4.13. The standard InChI is InChI=1S/C17H27NO2/c1-3-8-15-10-5-6-12-18(15)13-14-9-7-11-16(17(14)19)20-4-2/h7,9,11,15,19H,3-6,8,10,12-13H2,1-2H3. The van der Waals surface area contributed by atoms with Gasteiger partial charge in [0.15, 0.2) is 11.5 Å². The second kappa shape index (κ2) is 7.53. The van der Waals surface area contributed by atoms with Crippen LogP contribution in [0, 0.1) is 0 Å². The van der Waals surface area contributed by atoms with Gasteiger partial charge in [0.2, 0.25) is 0 Å². The van der Waals surface area contributed by atoms with Crippen LogP contribution >= 0.6 is 0 Å². The maximum atomic E-state index is 10.3. The Hall–Kier alpha value is -1.22. The Kier molecular flexibility index (Phi) is 5.72. The molecule has 3 nitrogen and oxygen atoms in total. The number of hydrogen-bond acceptors (Lipinski definition) is 3. The van der Waals surface area contributed by atoms with E-state index >= 15 is 0 Å². The first-order valence-corrected chi connectivity index (χ1v) is 7.94. The van der Waals surface area contributed by atoms with Crippen molar-refractivity contribution in [1.82, 2.24) is 4.90 Å². The molecule has 1 saturated heterocycles.